The van der Waals surface area contributed by atoms with Crippen LogP contribution in [0, 0.1) is 5.21 Å². The first kappa shape index (κ1) is 26.0. The molecule has 186 valence electrons. The zero-order valence-corrected chi connectivity index (χ0v) is 20.5. The maximum absolute atomic E-state index is 13.3. The number of benzene rings is 2. The summed E-state index contributed by atoms with van der Waals surface area (Å²) in [4.78, 5) is 28.4. The normalized spacial score (nSPS) is 15.2. The van der Waals surface area contributed by atoms with Crippen molar-refractivity contribution in [1.82, 2.24) is 0 Å². The highest BCUT2D eigenvalue weighted by Gasteiger charge is 2.41. The predicted molar refractivity (Wildman–Crippen MR) is 129 cm³/mol. The molecular weight excluding hydrogens is 452 g/mol. The Morgan fingerprint density at radius 3 is 1.80 bits per heavy atom. The highest BCUT2D eigenvalue weighted by molar-refractivity contribution is 6.01. The van der Waals surface area contributed by atoms with Gasteiger partial charge in [-0.15, -0.1) is 0 Å². The second-order valence-electron chi connectivity index (χ2n) is 7.83. The third-order valence-electron chi connectivity index (χ3n) is 5.84. The second-order valence-corrected chi connectivity index (χ2v) is 7.83. The third kappa shape index (κ3) is 5.22. The second kappa shape index (κ2) is 11.2. The van der Waals surface area contributed by atoms with Gasteiger partial charge in [-0.25, -0.2) is 14.8 Å². The summed E-state index contributed by atoms with van der Waals surface area (Å²) in [6, 6.07) is 13.4. The molecule has 1 heterocycles. The highest BCUT2D eigenvalue weighted by Crippen LogP contribution is 2.44. The minimum Gasteiger partial charge on any atom is -0.595 e. The number of carbonyl (C=O) groups is 2. The Labute approximate surface area is 204 Å². The van der Waals surface area contributed by atoms with Crippen LogP contribution in [0.2, 0.25) is 0 Å². The maximum Gasteiger partial charge on any atom is 0.336 e. The number of allylic oxidation sites excluding steroid dienone is 2. The van der Waals surface area contributed by atoms with Gasteiger partial charge in [-0.05, 0) is 57.5 Å². The van der Waals surface area contributed by atoms with Crippen LogP contribution in [0.15, 0.2) is 71.1 Å². The van der Waals surface area contributed by atoms with Crippen molar-refractivity contribution in [3.05, 3.63) is 81.8 Å². The van der Waals surface area contributed by atoms with Crippen LogP contribution in [0.3, 0.4) is 0 Å². The number of quaternary nitrogens is 1. The molecule has 1 aliphatic heterocycles. The van der Waals surface area contributed by atoms with Crippen molar-refractivity contribution < 1.29 is 34.2 Å². The van der Waals surface area contributed by atoms with E-state index in [9.17, 15) is 20.0 Å². The minimum atomic E-state index is -1.07. The highest BCUT2D eigenvalue weighted by atomic mass is 16.8. The SMILES string of the molecule is CCOC(=O)C1=C(C)N(c2ccc(OC)cc2)C(C)=C(C(=O)OCC)C1c1ccc([NH+]([O-])O)cc1. The van der Waals surface area contributed by atoms with Crippen LogP contribution in [-0.4, -0.2) is 37.5 Å². The molecule has 0 aromatic heterocycles. The Balaban J connectivity index is 2.28. The first-order valence-corrected chi connectivity index (χ1v) is 11.3. The lowest BCUT2D eigenvalue weighted by Gasteiger charge is -2.38. The molecule has 2 aromatic rings. The molecular formula is C26H30N2O7. The van der Waals surface area contributed by atoms with Gasteiger partial charge < -0.3 is 24.3 Å². The van der Waals surface area contributed by atoms with Gasteiger partial charge in [-0.1, -0.05) is 12.1 Å². The first-order chi connectivity index (χ1) is 16.7. The summed E-state index contributed by atoms with van der Waals surface area (Å²) >= 11 is 0. The maximum atomic E-state index is 13.3. The largest absolute Gasteiger partial charge is 0.595 e. The van der Waals surface area contributed by atoms with Crippen molar-refractivity contribution >= 4 is 23.3 Å². The number of nitrogens with one attached hydrogen (secondary N) is 1. The van der Waals surface area contributed by atoms with Gasteiger partial charge >= 0.3 is 11.9 Å². The minimum absolute atomic E-state index is 0.0983. The van der Waals surface area contributed by atoms with Gasteiger partial charge in [-0.2, -0.15) is 5.23 Å². The lowest BCUT2D eigenvalue weighted by atomic mass is 9.79. The van der Waals surface area contributed by atoms with Gasteiger partial charge in [0.25, 0.3) is 0 Å². The Hall–Kier alpha value is -3.66. The molecule has 9 nitrogen and oxygen atoms in total. The van der Waals surface area contributed by atoms with Crippen LogP contribution in [0.1, 0.15) is 39.2 Å². The Bertz CT molecular complexity index is 1090. The Morgan fingerprint density at radius 1 is 0.914 bits per heavy atom. The topological polar surface area (TPSA) is 113 Å². The number of methoxy groups -OCH3 is 1. The molecule has 0 aliphatic carbocycles. The number of nitrogens with zero attached hydrogens (tertiary/aromatic N) is 1. The summed E-state index contributed by atoms with van der Waals surface area (Å²) in [5, 5.41) is 19.6. The van der Waals surface area contributed by atoms with Gasteiger partial charge in [0.2, 0.25) is 0 Å². The number of esters is 2. The van der Waals surface area contributed by atoms with E-state index >= 15 is 0 Å². The Morgan fingerprint density at radius 2 is 1.40 bits per heavy atom. The van der Waals surface area contributed by atoms with E-state index in [2.05, 4.69) is 0 Å². The standard InChI is InChI=1S/C26H30N2O7/c1-6-34-25(29)22-16(3)27(19-12-14-21(33-5)15-13-19)17(4)23(26(30)35-7-2)24(22)18-8-10-20(11-9-18)28(31)32/h8-15,24,28,31H,6-7H2,1-5H3. The molecule has 2 aromatic carbocycles. The molecule has 2 N–H and O–H groups in total. The van der Waals surface area contributed by atoms with Crippen molar-refractivity contribution in [3.63, 3.8) is 0 Å². The Kier molecular flexibility index (Phi) is 8.29. The van der Waals surface area contributed by atoms with Gasteiger partial charge in [0.1, 0.15) is 5.75 Å². The number of anilines is 1. The van der Waals surface area contributed by atoms with Crippen LogP contribution in [0.5, 0.6) is 5.75 Å². The molecule has 0 amide bonds. The molecule has 1 atom stereocenters. The van der Waals surface area contributed by atoms with Gasteiger partial charge in [-0.3, -0.25) is 0 Å². The molecule has 3 rings (SSSR count). The number of hydrogen-bond acceptors (Lipinski definition) is 8. The number of hydrogen-bond donors (Lipinski definition) is 2. The number of carbonyl (C=O) groups excluding carboxylic acids is 2. The summed E-state index contributed by atoms with van der Waals surface area (Å²) in [6.45, 7) is 7.31. The fraction of sp³-hybridized carbons (Fsp3) is 0.308. The molecule has 9 heteroatoms. The van der Waals surface area contributed by atoms with E-state index in [1.165, 1.54) is 12.1 Å². The third-order valence-corrected chi connectivity index (χ3v) is 5.84. The quantitative estimate of drug-likeness (QED) is 0.435. The van der Waals surface area contributed by atoms with Crippen molar-refractivity contribution in [1.29, 1.82) is 0 Å². The molecule has 1 unspecified atom stereocenters. The smallest absolute Gasteiger partial charge is 0.336 e. The summed E-state index contributed by atoms with van der Waals surface area (Å²) in [7, 11) is 1.57. The lowest BCUT2D eigenvalue weighted by molar-refractivity contribution is -0.991. The number of rotatable bonds is 8. The van der Waals surface area contributed by atoms with Crippen molar-refractivity contribution in [2.75, 3.05) is 25.2 Å². The molecule has 0 fully saturated rings. The first-order valence-electron chi connectivity index (χ1n) is 11.3. The van der Waals surface area contributed by atoms with Crippen LogP contribution >= 0.6 is 0 Å². The number of ether oxygens (including phenoxy) is 3. The van der Waals surface area contributed by atoms with E-state index in [1.807, 2.05) is 17.0 Å². The van der Waals surface area contributed by atoms with Gasteiger partial charge in [0.05, 0.1) is 37.4 Å². The van der Waals surface area contributed by atoms with Crippen molar-refractivity contribution in [2.24, 2.45) is 0 Å². The fourth-order valence-electron chi connectivity index (χ4n) is 4.27. The summed E-state index contributed by atoms with van der Waals surface area (Å²) < 4.78 is 16.1. The van der Waals surface area contributed by atoms with Crippen molar-refractivity contribution in [2.45, 2.75) is 33.6 Å². The molecule has 0 bridgehead atoms. The average molecular weight is 483 g/mol. The molecule has 0 spiro atoms. The van der Waals surface area contributed by atoms with Crippen LogP contribution < -0.4 is 14.9 Å². The molecule has 0 radical (unpaired) electrons. The van der Waals surface area contributed by atoms with Crippen LogP contribution in [0.4, 0.5) is 11.4 Å². The van der Waals surface area contributed by atoms with E-state index in [-0.39, 0.29) is 30.0 Å². The van der Waals surface area contributed by atoms with Crippen LogP contribution in [-0.2, 0) is 19.1 Å². The summed E-state index contributed by atoms with van der Waals surface area (Å²) in [5.41, 5.74) is 3.14. The summed E-state index contributed by atoms with van der Waals surface area (Å²) in [5.74, 6) is -1.26. The predicted octanol–water partition coefficient (Wildman–Crippen LogP) is 3.38. The zero-order chi connectivity index (χ0) is 25.7. The van der Waals surface area contributed by atoms with E-state index < -0.39 is 23.1 Å². The molecule has 1 aliphatic rings. The van der Waals surface area contributed by atoms with Gasteiger partial charge in [0.15, 0.2) is 5.69 Å². The van der Waals surface area contributed by atoms with Crippen LogP contribution in [0.25, 0.3) is 0 Å². The zero-order valence-electron chi connectivity index (χ0n) is 20.5. The average Bonchev–Trinajstić information content (AvgIpc) is 2.84. The monoisotopic (exact) mass is 482 g/mol. The molecule has 0 saturated heterocycles. The van der Waals surface area contributed by atoms with E-state index in [0.717, 1.165) is 5.69 Å². The fourth-order valence-corrected chi connectivity index (χ4v) is 4.27. The van der Waals surface area contributed by atoms with E-state index in [0.29, 0.717) is 22.7 Å². The molecule has 0 saturated carbocycles. The lowest BCUT2D eigenvalue weighted by Crippen LogP contribution is -2.99. The van der Waals surface area contributed by atoms with E-state index in [1.54, 1.807) is 59.1 Å². The summed E-state index contributed by atoms with van der Waals surface area (Å²) in [6.07, 6.45) is 0. The van der Waals surface area contributed by atoms with Crippen molar-refractivity contribution in [3.8, 4) is 5.75 Å². The molecule has 35 heavy (non-hydrogen) atoms. The van der Waals surface area contributed by atoms with E-state index in [4.69, 9.17) is 14.2 Å². The van der Waals surface area contributed by atoms with Gasteiger partial charge in [0, 0.05) is 29.2 Å².